The molecule has 156 valence electrons. The molecule has 0 aliphatic rings. The van der Waals surface area contributed by atoms with Crippen molar-refractivity contribution < 1.29 is 24.3 Å². The van der Waals surface area contributed by atoms with Crippen LogP contribution < -0.4 is 21.7 Å². The van der Waals surface area contributed by atoms with Gasteiger partial charge in [0.2, 0.25) is 17.7 Å². The second kappa shape index (κ2) is 10.6. The maximum absolute atomic E-state index is 12.8. The van der Waals surface area contributed by atoms with Gasteiger partial charge < -0.3 is 36.8 Å². The summed E-state index contributed by atoms with van der Waals surface area (Å²) in [5.41, 5.74) is 6.45. The summed E-state index contributed by atoms with van der Waals surface area (Å²) in [4.78, 5) is 60.9. The van der Waals surface area contributed by atoms with Gasteiger partial charge in [-0.05, 0) is 0 Å². The number of hydrogen-bond acceptors (Lipinski definition) is 7. The number of aliphatic carboxylic acids is 1. The molecule has 0 spiro atoms. The van der Waals surface area contributed by atoms with Crippen LogP contribution in [0.1, 0.15) is 11.4 Å². The number of carbonyl (C=O) groups excluding carboxylic acids is 3. The molecule has 13 heteroatoms. The fraction of sp³-hybridized carbons (Fsp3) is 0.375. The second-order valence-corrected chi connectivity index (χ2v) is 6.06. The first-order valence-corrected chi connectivity index (χ1v) is 8.62. The molecule has 0 aliphatic carbocycles. The lowest BCUT2D eigenvalue weighted by atomic mass is 10.1. The van der Waals surface area contributed by atoms with E-state index < -0.39 is 42.3 Å². The van der Waals surface area contributed by atoms with Gasteiger partial charge >= 0.3 is 5.97 Å². The van der Waals surface area contributed by atoms with Gasteiger partial charge in [0.05, 0.1) is 19.2 Å². The van der Waals surface area contributed by atoms with Crippen molar-refractivity contribution in [2.75, 3.05) is 13.1 Å². The normalized spacial score (nSPS) is 12.6. The number of aromatic amines is 2. The summed E-state index contributed by atoms with van der Waals surface area (Å²) in [7, 11) is 0. The van der Waals surface area contributed by atoms with Crippen molar-refractivity contribution in [3.05, 3.63) is 36.4 Å². The predicted molar refractivity (Wildman–Crippen MR) is 98.1 cm³/mol. The highest BCUT2D eigenvalue weighted by Gasteiger charge is 2.28. The summed E-state index contributed by atoms with van der Waals surface area (Å²) in [6.45, 7) is -0.918. The fourth-order valence-corrected chi connectivity index (χ4v) is 2.46. The molecule has 2 atom stereocenters. The topological polar surface area (TPSA) is 208 Å². The highest BCUT2D eigenvalue weighted by atomic mass is 16.4. The van der Waals surface area contributed by atoms with Gasteiger partial charge in [-0.15, -0.1) is 0 Å². The van der Waals surface area contributed by atoms with E-state index in [1.54, 1.807) is 0 Å². The van der Waals surface area contributed by atoms with E-state index in [1.807, 2.05) is 0 Å². The van der Waals surface area contributed by atoms with E-state index in [2.05, 4.69) is 35.9 Å². The Morgan fingerprint density at radius 3 is 1.97 bits per heavy atom. The molecule has 2 aromatic heterocycles. The van der Waals surface area contributed by atoms with Crippen LogP contribution in [-0.4, -0.2) is 73.9 Å². The van der Waals surface area contributed by atoms with E-state index in [-0.39, 0.29) is 19.4 Å². The first-order valence-electron chi connectivity index (χ1n) is 8.62. The van der Waals surface area contributed by atoms with Crippen molar-refractivity contribution >= 4 is 23.7 Å². The number of H-pyrrole nitrogens is 2. The van der Waals surface area contributed by atoms with Gasteiger partial charge in [0.15, 0.2) is 0 Å². The Morgan fingerprint density at radius 2 is 1.52 bits per heavy atom. The molecule has 0 aromatic carbocycles. The number of nitrogens with zero attached hydrogens (tertiary/aromatic N) is 2. The van der Waals surface area contributed by atoms with Gasteiger partial charge in [-0.2, -0.15) is 0 Å². The summed E-state index contributed by atoms with van der Waals surface area (Å²) in [6.07, 6.45) is 5.93. The first-order chi connectivity index (χ1) is 13.9. The molecule has 8 N–H and O–H groups in total. The van der Waals surface area contributed by atoms with Gasteiger partial charge in [-0.3, -0.25) is 19.2 Å². The summed E-state index contributed by atoms with van der Waals surface area (Å²) < 4.78 is 0. The molecule has 0 saturated carbocycles. The maximum atomic E-state index is 12.8. The Balaban J connectivity index is 2.12. The number of nitrogens with two attached hydrogens (primary N) is 1. The molecule has 0 fully saturated rings. The van der Waals surface area contributed by atoms with Gasteiger partial charge in [0.25, 0.3) is 0 Å². The predicted octanol–water partition coefficient (Wildman–Crippen LogP) is -2.95. The zero-order chi connectivity index (χ0) is 21.2. The Morgan fingerprint density at radius 1 is 0.966 bits per heavy atom. The summed E-state index contributed by atoms with van der Waals surface area (Å²) in [5.74, 6) is -3.11. The van der Waals surface area contributed by atoms with Crippen LogP contribution in [0.2, 0.25) is 0 Å². The van der Waals surface area contributed by atoms with Crippen LogP contribution >= 0.6 is 0 Å². The lowest BCUT2D eigenvalue weighted by molar-refractivity contribution is -0.138. The van der Waals surface area contributed by atoms with E-state index in [9.17, 15) is 19.2 Å². The smallest absolute Gasteiger partial charge is 0.322 e. The largest absolute Gasteiger partial charge is 0.480 e. The van der Waals surface area contributed by atoms with Crippen molar-refractivity contribution in [1.82, 2.24) is 35.9 Å². The SMILES string of the molecule is NCC(=O)NC(Cc1cnc[nH]1)C(=O)NC(Cc1cnc[nH]1)C(=O)NCC(=O)O. The number of nitrogens with one attached hydrogen (secondary N) is 5. The van der Waals surface area contributed by atoms with E-state index >= 15 is 0 Å². The minimum Gasteiger partial charge on any atom is -0.480 e. The highest BCUT2D eigenvalue weighted by Crippen LogP contribution is 2.03. The average molecular weight is 406 g/mol. The number of carboxylic acid groups (broad SMARTS) is 1. The van der Waals surface area contributed by atoms with Crippen LogP contribution in [0, 0.1) is 0 Å². The van der Waals surface area contributed by atoms with Gasteiger partial charge in [0.1, 0.15) is 18.6 Å². The Kier molecular flexibility index (Phi) is 7.85. The maximum Gasteiger partial charge on any atom is 0.322 e. The molecule has 2 unspecified atom stereocenters. The van der Waals surface area contributed by atoms with Crippen molar-refractivity contribution in [3.63, 3.8) is 0 Å². The van der Waals surface area contributed by atoms with E-state index in [1.165, 1.54) is 25.0 Å². The zero-order valence-corrected chi connectivity index (χ0v) is 15.3. The van der Waals surface area contributed by atoms with Crippen LogP contribution in [0.15, 0.2) is 25.0 Å². The molecule has 0 aliphatic heterocycles. The molecular weight excluding hydrogens is 384 g/mol. The number of amides is 3. The molecule has 0 saturated heterocycles. The average Bonchev–Trinajstić information content (AvgIpc) is 3.38. The molecule has 3 amide bonds. The van der Waals surface area contributed by atoms with Crippen molar-refractivity contribution in [2.24, 2.45) is 5.73 Å². The lowest BCUT2D eigenvalue weighted by Gasteiger charge is -2.22. The monoisotopic (exact) mass is 406 g/mol. The van der Waals surface area contributed by atoms with Crippen LogP contribution in [0.4, 0.5) is 0 Å². The van der Waals surface area contributed by atoms with Crippen LogP contribution in [0.5, 0.6) is 0 Å². The lowest BCUT2D eigenvalue weighted by Crippen LogP contribution is -2.56. The molecule has 13 nitrogen and oxygen atoms in total. The number of carboxylic acids is 1. The summed E-state index contributed by atoms with van der Waals surface area (Å²) in [5, 5.41) is 16.0. The number of hydrogen-bond donors (Lipinski definition) is 7. The number of imidazole rings is 2. The third kappa shape index (κ3) is 7.06. The van der Waals surface area contributed by atoms with Crippen molar-refractivity contribution in [2.45, 2.75) is 24.9 Å². The molecule has 29 heavy (non-hydrogen) atoms. The molecule has 2 aromatic rings. The minimum atomic E-state index is -1.22. The molecule has 0 bridgehead atoms. The van der Waals surface area contributed by atoms with E-state index in [0.29, 0.717) is 11.4 Å². The minimum absolute atomic E-state index is 0.0405. The fourth-order valence-electron chi connectivity index (χ4n) is 2.46. The second-order valence-electron chi connectivity index (χ2n) is 6.06. The van der Waals surface area contributed by atoms with Crippen molar-refractivity contribution in [3.8, 4) is 0 Å². The van der Waals surface area contributed by atoms with Gasteiger partial charge in [0, 0.05) is 36.6 Å². The standard InChI is InChI=1S/C16H22N8O5/c17-3-13(25)23-12(2-10-5-19-8-22-10)16(29)24-11(1-9-4-18-7-21-9)15(28)20-6-14(26)27/h4-5,7-8,11-12H,1-3,6,17H2,(H,18,21)(H,19,22)(H,20,28)(H,23,25)(H,24,29)(H,26,27). The first kappa shape index (κ1) is 21.6. The van der Waals surface area contributed by atoms with Crippen LogP contribution in [0.25, 0.3) is 0 Å². The van der Waals surface area contributed by atoms with Crippen LogP contribution in [0.3, 0.4) is 0 Å². The van der Waals surface area contributed by atoms with E-state index in [4.69, 9.17) is 10.8 Å². The molecule has 2 rings (SSSR count). The number of rotatable bonds is 11. The van der Waals surface area contributed by atoms with Crippen LogP contribution in [-0.2, 0) is 32.0 Å². The molecule has 2 heterocycles. The Bertz CT molecular complexity index is 820. The third-order valence-corrected chi connectivity index (χ3v) is 3.84. The quantitative estimate of drug-likeness (QED) is 0.205. The Labute approximate surface area is 164 Å². The third-order valence-electron chi connectivity index (χ3n) is 3.84. The number of carbonyl (C=O) groups is 4. The van der Waals surface area contributed by atoms with Gasteiger partial charge in [-0.25, -0.2) is 9.97 Å². The Hall–Kier alpha value is -3.74. The molecular formula is C16H22N8O5. The van der Waals surface area contributed by atoms with Gasteiger partial charge in [-0.1, -0.05) is 0 Å². The van der Waals surface area contributed by atoms with Crippen molar-refractivity contribution in [1.29, 1.82) is 0 Å². The van der Waals surface area contributed by atoms with E-state index in [0.717, 1.165) is 0 Å². The number of aromatic nitrogens is 4. The zero-order valence-electron chi connectivity index (χ0n) is 15.3. The molecule has 0 radical (unpaired) electrons. The summed E-state index contributed by atoms with van der Waals surface area (Å²) in [6, 6.07) is -2.12. The summed E-state index contributed by atoms with van der Waals surface area (Å²) >= 11 is 0. The highest BCUT2D eigenvalue weighted by molar-refractivity contribution is 5.93.